The molecule has 1 aromatic carbocycles. The molecule has 2 aromatic rings. The molecule has 0 bridgehead atoms. The number of carbonyl (C=O) groups is 3. The first-order valence-corrected chi connectivity index (χ1v) is 8.38. The number of nitrogens with zero attached hydrogens (tertiary/aromatic N) is 2. The molecule has 0 spiro atoms. The van der Waals surface area contributed by atoms with E-state index in [1.165, 1.54) is 0 Å². The first-order chi connectivity index (χ1) is 12.3. The number of aryl methyl sites for hydroxylation is 2. The van der Waals surface area contributed by atoms with Crippen LogP contribution in [0.1, 0.15) is 51.6 Å². The highest BCUT2D eigenvalue weighted by molar-refractivity contribution is 6.22. The molecule has 0 N–H and O–H groups in total. The van der Waals surface area contributed by atoms with Crippen LogP contribution in [-0.4, -0.2) is 33.9 Å². The van der Waals surface area contributed by atoms with Crippen LogP contribution in [0.15, 0.2) is 28.8 Å². The largest absolute Gasteiger partial charge is 0.459 e. The van der Waals surface area contributed by atoms with Gasteiger partial charge in [-0.1, -0.05) is 31.1 Å². The maximum absolute atomic E-state index is 12.7. The van der Waals surface area contributed by atoms with Crippen molar-refractivity contribution in [2.45, 2.75) is 40.3 Å². The van der Waals surface area contributed by atoms with Crippen LogP contribution in [0, 0.1) is 19.8 Å². The summed E-state index contributed by atoms with van der Waals surface area (Å²) in [5, 5.41) is 3.82. The van der Waals surface area contributed by atoms with Gasteiger partial charge in [0.05, 0.1) is 22.4 Å². The molecule has 0 saturated carbocycles. The number of esters is 1. The van der Waals surface area contributed by atoms with Crippen LogP contribution in [-0.2, 0) is 16.1 Å². The lowest BCUT2D eigenvalue weighted by Crippen LogP contribution is -2.48. The molecule has 1 atom stereocenters. The van der Waals surface area contributed by atoms with Gasteiger partial charge in [-0.3, -0.25) is 14.5 Å². The minimum Gasteiger partial charge on any atom is -0.459 e. The molecule has 2 heterocycles. The number of aromatic nitrogens is 1. The Labute approximate surface area is 150 Å². The second kappa shape index (κ2) is 6.74. The van der Waals surface area contributed by atoms with Crippen LogP contribution in [0.3, 0.4) is 0 Å². The number of amides is 2. The van der Waals surface area contributed by atoms with E-state index in [4.69, 9.17) is 9.26 Å². The number of imide groups is 1. The zero-order valence-electron chi connectivity index (χ0n) is 15.1. The van der Waals surface area contributed by atoms with E-state index >= 15 is 0 Å². The fourth-order valence-electron chi connectivity index (χ4n) is 3.07. The average Bonchev–Trinajstić information content (AvgIpc) is 3.05. The van der Waals surface area contributed by atoms with Crippen LogP contribution in [0.2, 0.25) is 0 Å². The number of carbonyl (C=O) groups excluding carboxylic acids is 3. The highest BCUT2D eigenvalue weighted by Crippen LogP contribution is 2.28. The summed E-state index contributed by atoms with van der Waals surface area (Å²) in [7, 11) is 0. The molecular formula is C19H20N2O5. The van der Waals surface area contributed by atoms with E-state index in [0.717, 1.165) is 4.90 Å². The predicted molar refractivity (Wildman–Crippen MR) is 91.3 cm³/mol. The summed E-state index contributed by atoms with van der Waals surface area (Å²) in [6.45, 7) is 7.00. The van der Waals surface area contributed by atoms with Crippen LogP contribution < -0.4 is 0 Å². The summed E-state index contributed by atoms with van der Waals surface area (Å²) >= 11 is 0. The van der Waals surface area contributed by atoms with Crippen molar-refractivity contribution in [3.8, 4) is 0 Å². The Morgan fingerprint density at radius 1 is 1.15 bits per heavy atom. The number of hydrogen-bond acceptors (Lipinski definition) is 6. The van der Waals surface area contributed by atoms with Crippen LogP contribution in [0.4, 0.5) is 0 Å². The molecule has 1 aliphatic rings. The normalized spacial score (nSPS) is 14.7. The second-order valence-corrected chi connectivity index (χ2v) is 6.63. The lowest BCUT2D eigenvalue weighted by atomic mass is 10.0. The quantitative estimate of drug-likeness (QED) is 0.604. The molecule has 2 amide bonds. The Hall–Kier alpha value is -2.96. The zero-order valence-corrected chi connectivity index (χ0v) is 15.1. The smallest absolute Gasteiger partial charge is 0.329 e. The minimum atomic E-state index is -0.997. The number of hydrogen-bond donors (Lipinski definition) is 0. The van der Waals surface area contributed by atoms with Crippen LogP contribution in [0.5, 0.6) is 0 Å². The van der Waals surface area contributed by atoms with Gasteiger partial charge < -0.3 is 9.26 Å². The molecule has 3 rings (SSSR count). The summed E-state index contributed by atoms with van der Waals surface area (Å²) in [5.41, 5.74) is 1.93. The Morgan fingerprint density at radius 2 is 1.73 bits per heavy atom. The number of fused-ring (bicyclic) bond motifs is 1. The molecular weight excluding hydrogens is 336 g/mol. The predicted octanol–water partition coefficient (Wildman–Crippen LogP) is 2.66. The van der Waals surface area contributed by atoms with Gasteiger partial charge >= 0.3 is 5.97 Å². The van der Waals surface area contributed by atoms with Crippen molar-refractivity contribution in [2.24, 2.45) is 5.92 Å². The molecule has 0 unspecified atom stereocenters. The van der Waals surface area contributed by atoms with Crippen molar-refractivity contribution >= 4 is 17.8 Å². The van der Waals surface area contributed by atoms with Gasteiger partial charge in [-0.25, -0.2) is 4.79 Å². The molecule has 136 valence electrons. The van der Waals surface area contributed by atoms with E-state index in [9.17, 15) is 14.4 Å². The average molecular weight is 356 g/mol. The van der Waals surface area contributed by atoms with Crippen molar-refractivity contribution in [1.82, 2.24) is 10.1 Å². The van der Waals surface area contributed by atoms with Crippen molar-refractivity contribution in [1.29, 1.82) is 0 Å². The molecule has 7 heteroatoms. The molecule has 0 radical (unpaired) electrons. The fourth-order valence-corrected chi connectivity index (χ4v) is 3.07. The maximum atomic E-state index is 12.7. The number of rotatable bonds is 5. The van der Waals surface area contributed by atoms with Crippen molar-refractivity contribution < 1.29 is 23.6 Å². The minimum absolute atomic E-state index is 0.0214. The van der Waals surface area contributed by atoms with E-state index in [1.807, 2.05) is 0 Å². The van der Waals surface area contributed by atoms with E-state index < -0.39 is 23.8 Å². The fraction of sp³-hybridized carbons (Fsp3) is 0.368. The van der Waals surface area contributed by atoms with Gasteiger partial charge in [0.25, 0.3) is 11.8 Å². The lowest BCUT2D eigenvalue weighted by Gasteiger charge is -2.27. The lowest BCUT2D eigenvalue weighted by molar-refractivity contribution is -0.151. The third kappa shape index (κ3) is 2.89. The Kier molecular flexibility index (Phi) is 4.63. The Bertz CT molecular complexity index is 829. The third-order valence-corrected chi connectivity index (χ3v) is 4.52. The summed E-state index contributed by atoms with van der Waals surface area (Å²) in [6.07, 6.45) is 0. The molecule has 0 aliphatic carbocycles. The molecule has 1 aromatic heterocycles. The molecule has 0 saturated heterocycles. The van der Waals surface area contributed by atoms with Crippen molar-refractivity contribution in [3.63, 3.8) is 0 Å². The van der Waals surface area contributed by atoms with Crippen molar-refractivity contribution in [3.05, 3.63) is 52.4 Å². The number of ether oxygens (including phenoxy) is 1. The molecule has 7 nitrogen and oxygen atoms in total. The van der Waals surface area contributed by atoms with Gasteiger partial charge in [0.1, 0.15) is 18.4 Å². The van der Waals surface area contributed by atoms with E-state index in [1.54, 1.807) is 52.0 Å². The summed E-state index contributed by atoms with van der Waals surface area (Å²) in [6, 6.07) is 5.55. The molecule has 26 heavy (non-hydrogen) atoms. The van der Waals surface area contributed by atoms with Gasteiger partial charge in [-0.15, -0.1) is 0 Å². The van der Waals surface area contributed by atoms with E-state index in [-0.39, 0.29) is 12.5 Å². The summed E-state index contributed by atoms with van der Waals surface area (Å²) in [4.78, 5) is 39.1. The van der Waals surface area contributed by atoms with Crippen LogP contribution in [0.25, 0.3) is 0 Å². The van der Waals surface area contributed by atoms with Gasteiger partial charge in [-0.05, 0) is 31.9 Å². The van der Waals surface area contributed by atoms with E-state index in [2.05, 4.69) is 5.16 Å². The SMILES string of the molecule is Cc1noc(C)c1COC(=O)[C@H](C(C)C)N1C(=O)c2ccccc2C1=O. The molecule has 0 fully saturated rings. The van der Waals surface area contributed by atoms with Crippen molar-refractivity contribution in [2.75, 3.05) is 0 Å². The topological polar surface area (TPSA) is 89.7 Å². The standard InChI is InChI=1S/C19H20N2O5/c1-10(2)16(19(24)25-9-15-11(3)20-26-12(15)4)21-17(22)13-7-5-6-8-14(13)18(21)23/h5-8,10,16H,9H2,1-4H3/t16-/m0/s1. The third-order valence-electron chi connectivity index (χ3n) is 4.52. The van der Waals surface area contributed by atoms with Gasteiger partial charge in [0.2, 0.25) is 0 Å². The second-order valence-electron chi connectivity index (χ2n) is 6.63. The van der Waals surface area contributed by atoms with Gasteiger partial charge in [0.15, 0.2) is 0 Å². The zero-order chi connectivity index (χ0) is 19.0. The molecule has 1 aliphatic heterocycles. The number of benzene rings is 1. The monoisotopic (exact) mass is 356 g/mol. The highest BCUT2D eigenvalue weighted by atomic mass is 16.5. The maximum Gasteiger partial charge on any atom is 0.329 e. The Balaban J connectivity index is 1.83. The van der Waals surface area contributed by atoms with Crippen LogP contribution >= 0.6 is 0 Å². The highest BCUT2D eigenvalue weighted by Gasteiger charge is 2.44. The summed E-state index contributed by atoms with van der Waals surface area (Å²) < 4.78 is 10.4. The van der Waals surface area contributed by atoms with Gasteiger partial charge in [0, 0.05) is 0 Å². The first kappa shape index (κ1) is 17.8. The van der Waals surface area contributed by atoms with Gasteiger partial charge in [-0.2, -0.15) is 0 Å². The first-order valence-electron chi connectivity index (χ1n) is 8.38. The Morgan fingerprint density at radius 3 is 2.19 bits per heavy atom. The van der Waals surface area contributed by atoms with E-state index in [0.29, 0.717) is 28.1 Å². The summed E-state index contributed by atoms with van der Waals surface area (Å²) in [5.74, 6) is -1.31.